The zero-order valence-corrected chi connectivity index (χ0v) is 11.6. The number of hydrogen-bond donors (Lipinski definition) is 1. The van der Waals surface area contributed by atoms with Gasteiger partial charge >= 0.3 is 0 Å². The summed E-state index contributed by atoms with van der Waals surface area (Å²) < 4.78 is 0. The smallest absolute Gasteiger partial charge is 0.223 e. The second kappa shape index (κ2) is 6.24. The second-order valence-electron chi connectivity index (χ2n) is 4.52. The van der Waals surface area contributed by atoms with Crippen molar-refractivity contribution in [1.29, 1.82) is 0 Å². The summed E-state index contributed by atoms with van der Waals surface area (Å²) in [6.45, 7) is 0.914. The molecule has 2 rings (SSSR count). The summed E-state index contributed by atoms with van der Waals surface area (Å²) in [6, 6.07) is 4.36. The predicted octanol–water partition coefficient (Wildman–Crippen LogP) is 3.24. The predicted molar refractivity (Wildman–Crippen MR) is 72.1 cm³/mol. The van der Waals surface area contributed by atoms with Gasteiger partial charge in [0.25, 0.3) is 0 Å². The number of H-pyrrole nitrogens is 1. The second-order valence-corrected chi connectivity index (χ2v) is 5.31. The lowest BCUT2D eigenvalue weighted by Crippen LogP contribution is -2.30. The van der Waals surface area contributed by atoms with Crippen LogP contribution in [0.3, 0.4) is 0 Å². The fourth-order valence-electron chi connectivity index (χ4n) is 2.45. The molecule has 17 heavy (non-hydrogen) atoms. The molecule has 0 aromatic carbocycles. The Kier molecular flexibility index (Phi) is 4.66. The van der Waals surface area contributed by atoms with Crippen LogP contribution in [0.2, 0.25) is 0 Å². The van der Waals surface area contributed by atoms with Gasteiger partial charge in [-0.1, -0.05) is 15.9 Å². The molecule has 0 saturated carbocycles. The Hall–Kier alpha value is -0.770. The van der Waals surface area contributed by atoms with Crippen LogP contribution < -0.4 is 0 Å². The third-order valence-corrected chi connectivity index (χ3v) is 3.89. The van der Waals surface area contributed by atoms with E-state index in [9.17, 15) is 4.79 Å². The SMILES string of the molecule is O=C(CCCCBr)N1CCCC1c1ccc[nH]1. The highest BCUT2D eigenvalue weighted by Crippen LogP contribution is 2.31. The van der Waals surface area contributed by atoms with Crippen LogP contribution in [0.25, 0.3) is 0 Å². The number of nitrogens with zero attached hydrogens (tertiary/aromatic N) is 1. The number of carbonyl (C=O) groups is 1. The van der Waals surface area contributed by atoms with Crippen molar-refractivity contribution in [2.45, 2.75) is 38.1 Å². The van der Waals surface area contributed by atoms with Crippen molar-refractivity contribution < 1.29 is 4.79 Å². The van der Waals surface area contributed by atoms with Crippen LogP contribution in [-0.4, -0.2) is 27.7 Å². The van der Waals surface area contributed by atoms with Crippen molar-refractivity contribution in [2.24, 2.45) is 0 Å². The lowest BCUT2D eigenvalue weighted by molar-refractivity contribution is -0.132. The molecule has 4 heteroatoms. The standard InChI is InChI=1S/C13H19BrN2O/c14-8-2-1-7-13(17)16-10-4-6-12(16)11-5-3-9-15-11/h3,5,9,12,15H,1-2,4,6-8,10H2. The number of hydrogen-bond acceptors (Lipinski definition) is 1. The van der Waals surface area contributed by atoms with Crippen molar-refractivity contribution in [2.75, 3.05) is 11.9 Å². The van der Waals surface area contributed by atoms with Gasteiger partial charge in [0.05, 0.1) is 6.04 Å². The minimum Gasteiger partial charge on any atom is -0.363 e. The van der Waals surface area contributed by atoms with Gasteiger partial charge in [0, 0.05) is 30.2 Å². The number of unbranched alkanes of at least 4 members (excludes halogenated alkanes) is 1. The van der Waals surface area contributed by atoms with E-state index in [1.165, 1.54) is 5.69 Å². The van der Waals surface area contributed by atoms with E-state index in [0.29, 0.717) is 12.3 Å². The number of amides is 1. The summed E-state index contributed by atoms with van der Waals surface area (Å²) in [7, 11) is 0. The normalized spacial score (nSPS) is 19.8. The lowest BCUT2D eigenvalue weighted by atomic mass is 10.1. The minimum absolute atomic E-state index is 0.279. The molecule has 1 aliphatic rings. The van der Waals surface area contributed by atoms with Gasteiger partial charge in [0.2, 0.25) is 5.91 Å². The molecule has 1 aliphatic heterocycles. The summed E-state index contributed by atoms with van der Waals surface area (Å²) in [5, 5.41) is 0.986. The Balaban J connectivity index is 1.93. The van der Waals surface area contributed by atoms with Crippen LogP contribution in [-0.2, 0) is 4.79 Å². The molecule has 1 aromatic rings. The average molecular weight is 299 g/mol. The van der Waals surface area contributed by atoms with Gasteiger partial charge in [-0.3, -0.25) is 4.79 Å². The van der Waals surface area contributed by atoms with E-state index >= 15 is 0 Å². The number of likely N-dealkylation sites (tertiary alicyclic amines) is 1. The Labute approximate surface area is 111 Å². The zero-order chi connectivity index (χ0) is 12.1. The monoisotopic (exact) mass is 298 g/mol. The molecular weight excluding hydrogens is 280 g/mol. The third-order valence-electron chi connectivity index (χ3n) is 3.33. The maximum atomic E-state index is 12.1. The Morgan fingerprint density at radius 1 is 1.53 bits per heavy atom. The van der Waals surface area contributed by atoms with Gasteiger partial charge in [0.1, 0.15) is 0 Å². The zero-order valence-electron chi connectivity index (χ0n) is 9.99. The molecule has 1 aromatic heterocycles. The lowest BCUT2D eigenvalue weighted by Gasteiger charge is -2.24. The van der Waals surface area contributed by atoms with E-state index in [2.05, 4.69) is 27.0 Å². The molecule has 1 amide bonds. The first kappa shape index (κ1) is 12.7. The van der Waals surface area contributed by atoms with Gasteiger partial charge in [-0.25, -0.2) is 0 Å². The summed E-state index contributed by atoms with van der Waals surface area (Å²) in [5.74, 6) is 0.308. The molecule has 3 nitrogen and oxygen atoms in total. The highest BCUT2D eigenvalue weighted by molar-refractivity contribution is 9.09. The van der Waals surface area contributed by atoms with Crippen LogP contribution in [0, 0.1) is 0 Å². The number of rotatable bonds is 5. The molecule has 0 aliphatic carbocycles. The summed E-state index contributed by atoms with van der Waals surface area (Å²) >= 11 is 3.40. The van der Waals surface area contributed by atoms with Crippen LogP contribution >= 0.6 is 15.9 Å². The number of halogens is 1. The molecule has 1 fully saturated rings. The number of carbonyl (C=O) groups excluding carboxylic acids is 1. The Bertz CT molecular complexity index is 350. The molecule has 0 spiro atoms. The van der Waals surface area contributed by atoms with Gasteiger partial charge in [-0.05, 0) is 37.8 Å². The maximum Gasteiger partial charge on any atom is 0.223 e. The quantitative estimate of drug-likeness (QED) is 0.657. The van der Waals surface area contributed by atoms with Crippen molar-refractivity contribution in [3.8, 4) is 0 Å². The molecule has 0 radical (unpaired) electrons. The largest absolute Gasteiger partial charge is 0.363 e. The van der Waals surface area contributed by atoms with E-state index in [4.69, 9.17) is 0 Å². The van der Waals surface area contributed by atoms with Crippen LogP contribution in [0.4, 0.5) is 0 Å². The van der Waals surface area contributed by atoms with Crippen LogP contribution in [0.1, 0.15) is 43.8 Å². The average Bonchev–Trinajstić information content (AvgIpc) is 2.99. The summed E-state index contributed by atoms with van der Waals surface area (Å²) in [4.78, 5) is 17.4. The van der Waals surface area contributed by atoms with E-state index in [1.807, 2.05) is 17.2 Å². The fraction of sp³-hybridized carbons (Fsp3) is 0.615. The molecular formula is C13H19BrN2O. The number of nitrogens with one attached hydrogen (secondary N) is 1. The molecule has 2 heterocycles. The number of aromatic amines is 1. The van der Waals surface area contributed by atoms with E-state index in [0.717, 1.165) is 37.6 Å². The summed E-state index contributed by atoms with van der Waals surface area (Å²) in [6.07, 6.45) is 6.88. The van der Waals surface area contributed by atoms with E-state index in [-0.39, 0.29) is 6.04 Å². The van der Waals surface area contributed by atoms with Crippen molar-refractivity contribution in [3.05, 3.63) is 24.0 Å². The van der Waals surface area contributed by atoms with Crippen molar-refractivity contribution >= 4 is 21.8 Å². The minimum atomic E-state index is 0.279. The first-order valence-corrected chi connectivity index (χ1v) is 7.44. The molecule has 1 atom stereocenters. The van der Waals surface area contributed by atoms with E-state index < -0.39 is 0 Å². The van der Waals surface area contributed by atoms with Crippen molar-refractivity contribution in [3.63, 3.8) is 0 Å². The Morgan fingerprint density at radius 3 is 3.12 bits per heavy atom. The maximum absolute atomic E-state index is 12.1. The Morgan fingerprint density at radius 2 is 2.41 bits per heavy atom. The third kappa shape index (κ3) is 3.12. The number of alkyl halides is 1. The van der Waals surface area contributed by atoms with Crippen molar-refractivity contribution in [1.82, 2.24) is 9.88 Å². The molecule has 94 valence electrons. The molecule has 1 unspecified atom stereocenters. The van der Waals surface area contributed by atoms with E-state index in [1.54, 1.807) is 0 Å². The van der Waals surface area contributed by atoms with Gasteiger partial charge < -0.3 is 9.88 Å². The topological polar surface area (TPSA) is 36.1 Å². The molecule has 1 N–H and O–H groups in total. The first-order valence-electron chi connectivity index (χ1n) is 6.31. The molecule has 0 bridgehead atoms. The first-order chi connectivity index (χ1) is 8.33. The summed E-state index contributed by atoms with van der Waals surface area (Å²) in [5.41, 5.74) is 1.18. The van der Waals surface area contributed by atoms with Gasteiger partial charge in [-0.15, -0.1) is 0 Å². The molecule has 1 saturated heterocycles. The van der Waals surface area contributed by atoms with Crippen LogP contribution in [0.15, 0.2) is 18.3 Å². The fourth-order valence-corrected chi connectivity index (χ4v) is 2.85. The van der Waals surface area contributed by atoms with Gasteiger partial charge in [0.15, 0.2) is 0 Å². The highest BCUT2D eigenvalue weighted by atomic mass is 79.9. The highest BCUT2D eigenvalue weighted by Gasteiger charge is 2.29. The van der Waals surface area contributed by atoms with Gasteiger partial charge in [-0.2, -0.15) is 0 Å². The van der Waals surface area contributed by atoms with Crippen LogP contribution in [0.5, 0.6) is 0 Å². The number of aromatic nitrogens is 1.